The Morgan fingerprint density at radius 2 is 1.81 bits per heavy atom. The predicted molar refractivity (Wildman–Crippen MR) is 82.6 cm³/mol. The molecule has 0 saturated heterocycles. The van der Waals surface area contributed by atoms with E-state index in [0.717, 1.165) is 5.56 Å². The van der Waals surface area contributed by atoms with E-state index in [2.05, 4.69) is 0 Å². The molecule has 1 aliphatic heterocycles. The zero-order chi connectivity index (χ0) is 14.9. The molecule has 0 aromatic heterocycles. The highest BCUT2D eigenvalue weighted by atomic mass is 35.5. The van der Waals surface area contributed by atoms with Gasteiger partial charge in [0.05, 0.1) is 16.6 Å². The van der Waals surface area contributed by atoms with Gasteiger partial charge in [0.1, 0.15) is 0 Å². The number of hydrogen-bond acceptors (Lipinski definition) is 3. The van der Waals surface area contributed by atoms with Crippen LogP contribution in [0, 0.1) is 0 Å². The molecule has 3 nitrogen and oxygen atoms in total. The molecule has 0 bridgehead atoms. The molecule has 0 radical (unpaired) electrons. The Balaban J connectivity index is 1.76. The van der Waals surface area contributed by atoms with E-state index in [1.165, 1.54) is 0 Å². The molecular formula is C16H13Cl2NO2. The summed E-state index contributed by atoms with van der Waals surface area (Å²) in [6, 6.07) is 14.8. The molecule has 0 saturated carbocycles. The first-order valence-corrected chi connectivity index (χ1v) is 7.19. The second-order valence-corrected chi connectivity index (χ2v) is 5.61. The molecule has 0 spiro atoms. The molecule has 0 amide bonds. The summed E-state index contributed by atoms with van der Waals surface area (Å²) >= 11 is 11.9. The van der Waals surface area contributed by atoms with Crippen molar-refractivity contribution in [3.63, 3.8) is 0 Å². The molecular weight excluding hydrogens is 309 g/mol. The number of halogens is 2. The third-order valence-electron chi connectivity index (χ3n) is 3.24. The van der Waals surface area contributed by atoms with Crippen LogP contribution in [0.2, 0.25) is 10.0 Å². The van der Waals surface area contributed by atoms with Crippen LogP contribution in [0.4, 0.5) is 0 Å². The van der Waals surface area contributed by atoms with Crippen LogP contribution in [0.1, 0.15) is 11.1 Å². The van der Waals surface area contributed by atoms with Gasteiger partial charge < -0.3 is 5.11 Å². The van der Waals surface area contributed by atoms with E-state index in [1.54, 1.807) is 35.5 Å². The molecule has 2 aromatic carbocycles. The van der Waals surface area contributed by atoms with Gasteiger partial charge in [0.25, 0.3) is 0 Å². The lowest BCUT2D eigenvalue weighted by Crippen LogP contribution is -2.28. The SMILES string of the molecule is OC1(c2ccc(Cl)c(Cl)c2)C=CN(Cc2ccccc2)O1. The standard InChI is InChI=1S/C16H13Cl2NO2/c17-14-7-6-13(10-15(14)18)16(20)8-9-19(21-16)11-12-4-2-1-3-5-12/h1-10,20H,11H2. The van der Waals surface area contributed by atoms with Crippen LogP contribution >= 0.6 is 23.2 Å². The topological polar surface area (TPSA) is 32.7 Å². The van der Waals surface area contributed by atoms with Gasteiger partial charge in [-0.3, -0.25) is 5.06 Å². The van der Waals surface area contributed by atoms with Gasteiger partial charge in [-0.1, -0.05) is 59.6 Å². The summed E-state index contributed by atoms with van der Waals surface area (Å²) < 4.78 is 0. The Kier molecular flexibility index (Phi) is 3.91. The van der Waals surface area contributed by atoms with Crippen LogP contribution in [-0.4, -0.2) is 10.2 Å². The zero-order valence-corrected chi connectivity index (χ0v) is 12.6. The Labute approximate surface area is 132 Å². The molecule has 1 atom stereocenters. The number of rotatable bonds is 3. The van der Waals surface area contributed by atoms with E-state index in [1.807, 2.05) is 30.3 Å². The van der Waals surface area contributed by atoms with Gasteiger partial charge in [-0.15, -0.1) is 0 Å². The van der Waals surface area contributed by atoms with Gasteiger partial charge in [0.15, 0.2) is 0 Å². The van der Waals surface area contributed by atoms with E-state index < -0.39 is 5.79 Å². The average Bonchev–Trinajstić information content (AvgIpc) is 2.85. The molecule has 108 valence electrons. The molecule has 1 unspecified atom stereocenters. The van der Waals surface area contributed by atoms with Crippen LogP contribution in [0.15, 0.2) is 60.8 Å². The average molecular weight is 322 g/mol. The monoisotopic (exact) mass is 321 g/mol. The van der Waals surface area contributed by atoms with Crippen molar-refractivity contribution in [2.24, 2.45) is 0 Å². The second-order valence-electron chi connectivity index (χ2n) is 4.79. The highest BCUT2D eigenvalue weighted by Gasteiger charge is 2.35. The molecule has 2 aromatic rings. The minimum absolute atomic E-state index is 0.376. The number of nitrogens with zero attached hydrogens (tertiary/aromatic N) is 1. The van der Waals surface area contributed by atoms with Crippen molar-refractivity contribution in [3.05, 3.63) is 82.0 Å². The summed E-state index contributed by atoms with van der Waals surface area (Å²) in [6.45, 7) is 0.543. The molecule has 1 heterocycles. The number of hydroxylamine groups is 2. The summed E-state index contributed by atoms with van der Waals surface area (Å²) in [4.78, 5) is 5.61. The highest BCUT2D eigenvalue weighted by Crippen LogP contribution is 2.34. The Hall–Kier alpha value is -1.52. The zero-order valence-electron chi connectivity index (χ0n) is 11.0. The van der Waals surface area contributed by atoms with Crippen molar-refractivity contribution in [2.45, 2.75) is 12.3 Å². The van der Waals surface area contributed by atoms with Crippen LogP contribution in [0.5, 0.6) is 0 Å². The lowest BCUT2D eigenvalue weighted by Gasteiger charge is -2.25. The van der Waals surface area contributed by atoms with Crippen LogP contribution in [0.25, 0.3) is 0 Å². The fourth-order valence-electron chi connectivity index (χ4n) is 2.14. The van der Waals surface area contributed by atoms with Gasteiger partial charge in [0.2, 0.25) is 5.79 Å². The number of hydrogen-bond donors (Lipinski definition) is 1. The normalized spacial score (nSPS) is 21.0. The van der Waals surface area contributed by atoms with Gasteiger partial charge in [-0.2, -0.15) is 0 Å². The molecule has 1 aliphatic rings. The summed E-state index contributed by atoms with van der Waals surface area (Å²) in [7, 11) is 0. The van der Waals surface area contributed by atoms with E-state index in [9.17, 15) is 5.11 Å². The van der Waals surface area contributed by atoms with Crippen molar-refractivity contribution < 1.29 is 9.94 Å². The first kappa shape index (κ1) is 14.4. The minimum Gasteiger partial charge on any atom is -0.357 e. The van der Waals surface area contributed by atoms with Crippen molar-refractivity contribution in [1.82, 2.24) is 5.06 Å². The van der Waals surface area contributed by atoms with E-state index in [4.69, 9.17) is 28.0 Å². The van der Waals surface area contributed by atoms with Crippen LogP contribution in [0.3, 0.4) is 0 Å². The Morgan fingerprint density at radius 3 is 2.52 bits per heavy atom. The van der Waals surface area contributed by atoms with Gasteiger partial charge in [-0.25, -0.2) is 4.84 Å². The molecule has 21 heavy (non-hydrogen) atoms. The maximum absolute atomic E-state index is 10.6. The molecule has 0 fully saturated rings. The van der Waals surface area contributed by atoms with Crippen molar-refractivity contribution >= 4 is 23.2 Å². The van der Waals surface area contributed by atoms with Gasteiger partial charge in [-0.05, 0) is 23.8 Å². The summed E-state index contributed by atoms with van der Waals surface area (Å²) in [5.74, 6) is -1.52. The minimum atomic E-state index is -1.52. The summed E-state index contributed by atoms with van der Waals surface area (Å²) in [6.07, 6.45) is 3.28. The smallest absolute Gasteiger partial charge is 0.239 e. The Morgan fingerprint density at radius 1 is 1.05 bits per heavy atom. The molecule has 3 rings (SSSR count). The fraction of sp³-hybridized carbons (Fsp3) is 0.125. The number of benzene rings is 2. The molecule has 1 N–H and O–H groups in total. The Bertz CT molecular complexity index is 675. The third kappa shape index (κ3) is 3.06. The summed E-state index contributed by atoms with van der Waals surface area (Å²) in [5, 5.41) is 13.0. The first-order valence-electron chi connectivity index (χ1n) is 6.44. The van der Waals surface area contributed by atoms with Crippen molar-refractivity contribution in [3.8, 4) is 0 Å². The van der Waals surface area contributed by atoms with E-state index in [-0.39, 0.29) is 0 Å². The van der Waals surface area contributed by atoms with Gasteiger partial charge >= 0.3 is 0 Å². The maximum Gasteiger partial charge on any atom is 0.239 e. The second kappa shape index (κ2) is 5.70. The molecule has 0 aliphatic carbocycles. The van der Waals surface area contributed by atoms with Crippen molar-refractivity contribution in [2.75, 3.05) is 0 Å². The van der Waals surface area contributed by atoms with Crippen molar-refractivity contribution in [1.29, 1.82) is 0 Å². The third-order valence-corrected chi connectivity index (χ3v) is 3.98. The van der Waals surface area contributed by atoms with E-state index >= 15 is 0 Å². The van der Waals surface area contributed by atoms with Crippen LogP contribution < -0.4 is 0 Å². The summed E-state index contributed by atoms with van der Waals surface area (Å²) in [5.41, 5.74) is 1.62. The van der Waals surface area contributed by atoms with Gasteiger partial charge in [0, 0.05) is 11.8 Å². The lowest BCUT2D eigenvalue weighted by atomic mass is 10.1. The lowest BCUT2D eigenvalue weighted by molar-refractivity contribution is -0.280. The molecule has 5 heteroatoms. The largest absolute Gasteiger partial charge is 0.357 e. The van der Waals surface area contributed by atoms with E-state index in [0.29, 0.717) is 22.2 Å². The van der Waals surface area contributed by atoms with Crippen LogP contribution in [-0.2, 0) is 17.2 Å². The number of aliphatic hydroxyl groups is 1. The maximum atomic E-state index is 10.6. The first-order chi connectivity index (χ1) is 10.1. The highest BCUT2D eigenvalue weighted by molar-refractivity contribution is 6.42. The predicted octanol–water partition coefficient (Wildman–Crippen LogP) is 4.10. The fourth-order valence-corrected chi connectivity index (χ4v) is 2.44. The quantitative estimate of drug-likeness (QED) is 0.923.